The Morgan fingerprint density at radius 3 is 1.59 bits per heavy atom. The number of ether oxygens (including phenoxy) is 3. The van der Waals surface area contributed by atoms with E-state index in [-0.39, 0.29) is 11.9 Å². The van der Waals surface area contributed by atoms with Crippen LogP contribution < -0.4 is 11.1 Å². The van der Waals surface area contributed by atoms with E-state index >= 15 is 0 Å². The highest BCUT2D eigenvalue weighted by Gasteiger charge is 2.27. The third-order valence-corrected chi connectivity index (χ3v) is 7.48. The standard InChI is InChI=1S/C27H29N3O4.C14H16IN3O2/c1-26(2,3)33-24(31)29-23-28-18-22(30(23)25(32)34-27(4,5)6)21-16-14-20(15-17-21)13-12-19-10-8-7-9-11-19;1-14(2,3)20-13(19)18-11(8-17-12(18)16)9-4-6-10(15)7-5-9/h7-11,14-18H,1-6H3,(H,28,29,31);4-8H,1-3H3,(H2,16,17). The minimum absolute atomic E-state index is 0.00597. The van der Waals surface area contributed by atoms with E-state index in [1.165, 1.54) is 15.3 Å². The number of rotatable bonds is 3. The first-order valence-electron chi connectivity index (χ1n) is 17.0. The molecule has 0 aliphatic carbocycles. The van der Waals surface area contributed by atoms with Crippen molar-refractivity contribution in [2.45, 2.75) is 79.1 Å². The van der Waals surface area contributed by atoms with Crippen molar-refractivity contribution in [1.82, 2.24) is 19.1 Å². The summed E-state index contributed by atoms with van der Waals surface area (Å²) >= 11 is 2.22. The van der Waals surface area contributed by atoms with Crippen LogP contribution in [0.2, 0.25) is 0 Å². The summed E-state index contributed by atoms with van der Waals surface area (Å²) in [5, 5.41) is 2.54. The van der Waals surface area contributed by atoms with E-state index in [4.69, 9.17) is 19.9 Å². The second-order valence-corrected chi connectivity index (χ2v) is 16.2. The van der Waals surface area contributed by atoms with Crippen LogP contribution >= 0.6 is 22.6 Å². The van der Waals surface area contributed by atoms with Gasteiger partial charge in [-0.1, -0.05) is 54.3 Å². The number of halogens is 1. The van der Waals surface area contributed by atoms with Crippen molar-refractivity contribution in [2.75, 3.05) is 11.1 Å². The van der Waals surface area contributed by atoms with Gasteiger partial charge in [-0.2, -0.15) is 0 Å². The maximum Gasteiger partial charge on any atom is 0.421 e. The highest BCUT2D eigenvalue weighted by molar-refractivity contribution is 14.1. The maximum atomic E-state index is 13.0. The molecule has 3 N–H and O–H groups in total. The highest BCUT2D eigenvalue weighted by atomic mass is 127. The highest BCUT2D eigenvalue weighted by Crippen LogP contribution is 2.27. The number of imidazole rings is 2. The van der Waals surface area contributed by atoms with Crippen LogP contribution in [0, 0.1) is 15.4 Å². The quantitative estimate of drug-likeness (QED) is 0.103. The molecule has 0 radical (unpaired) electrons. The van der Waals surface area contributed by atoms with Gasteiger partial charge in [0, 0.05) is 25.8 Å². The molecule has 282 valence electrons. The smallest absolute Gasteiger partial charge is 0.421 e. The number of nitrogens with two attached hydrogens (primary N) is 1. The van der Waals surface area contributed by atoms with Crippen LogP contribution in [0.3, 0.4) is 0 Å². The number of carbonyl (C=O) groups is 3. The summed E-state index contributed by atoms with van der Waals surface area (Å²) in [6.45, 7) is 16.0. The summed E-state index contributed by atoms with van der Waals surface area (Å²) in [6, 6.07) is 24.8. The number of amides is 1. The number of aromatic nitrogens is 4. The molecule has 0 spiro atoms. The fourth-order valence-electron chi connectivity index (χ4n) is 4.61. The molecule has 0 atom stereocenters. The van der Waals surface area contributed by atoms with Crippen molar-refractivity contribution < 1.29 is 28.6 Å². The third kappa shape index (κ3) is 12.2. The normalized spacial score (nSPS) is 11.3. The molecule has 2 aromatic heterocycles. The molecule has 12 nitrogen and oxygen atoms in total. The first kappa shape index (κ1) is 41.1. The molecule has 0 saturated carbocycles. The minimum atomic E-state index is -0.737. The van der Waals surface area contributed by atoms with E-state index in [9.17, 15) is 14.4 Å². The number of anilines is 2. The molecule has 2 heterocycles. The number of nitrogen functional groups attached to an aromatic ring is 1. The van der Waals surface area contributed by atoms with Gasteiger partial charge in [0.2, 0.25) is 11.9 Å². The molecule has 0 aliphatic rings. The molecule has 0 bridgehead atoms. The van der Waals surface area contributed by atoms with Gasteiger partial charge in [0.1, 0.15) is 16.8 Å². The fourth-order valence-corrected chi connectivity index (χ4v) is 4.97. The summed E-state index contributed by atoms with van der Waals surface area (Å²) in [4.78, 5) is 45.8. The lowest BCUT2D eigenvalue weighted by atomic mass is 10.1. The van der Waals surface area contributed by atoms with E-state index in [2.05, 4.69) is 49.7 Å². The molecule has 5 rings (SSSR count). The molecule has 5 aromatic rings. The second kappa shape index (κ2) is 17.0. The maximum absolute atomic E-state index is 13.0. The van der Waals surface area contributed by atoms with Gasteiger partial charge in [-0.3, -0.25) is 5.32 Å². The summed E-state index contributed by atoms with van der Waals surface area (Å²) in [6.07, 6.45) is 1.16. The van der Waals surface area contributed by atoms with Crippen molar-refractivity contribution in [1.29, 1.82) is 0 Å². The lowest BCUT2D eigenvalue weighted by molar-refractivity contribution is 0.0529. The summed E-state index contributed by atoms with van der Waals surface area (Å²) in [7, 11) is 0. The molecule has 0 fully saturated rings. The summed E-state index contributed by atoms with van der Waals surface area (Å²) in [5.41, 5.74) is 8.15. The van der Waals surface area contributed by atoms with E-state index < -0.39 is 35.1 Å². The molecule has 13 heteroatoms. The SMILES string of the molecule is CC(C)(C)OC(=O)Nc1ncc(-c2ccc(C#Cc3ccccc3)cc2)n1C(=O)OC(C)(C)C.CC(C)(C)OC(=O)n1c(-c2ccc(I)cc2)cnc1N. The van der Waals surface area contributed by atoms with Crippen LogP contribution in [0.25, 0.3) is 22.5 Å². The number of hydrogen-bond acceptors (Lipinski definition) is 9. The van der Waals surface area contributed by atoms with Crippen molar-refractivity contribution in [3.8, 4) is 34.4 Å². The predicted molar refractivity (Wildman–Crippen MR) is 218 cm³/mol. The monoisotopic (exact) mass is 844 g/mol. The van der Waals surface area contributed by atoms with Gasteiger partial charge in [0.05, 0.1) is 23.8 Å². The van der Waals surface area contributed by atoms with E-state index in [0.29, 0.717) is 17.0 Å². The van der Waals surface area contributed by atoms with Gasteiger partial charge in [-0.25, -0.2) is 33.5 Å². The molecule has 0 saturated heterocycles. The van der Waals surface area contributed by atoms with Crippen molar-refractivity contribution >= 4 is 52.8 Å². The molecule has 1 amide bonds. The number of benzene rings is 3. The Morgan fingerprint density at radius 2 is 1.07 bits per heavy atom. The van der Waals surface area contributed by atoms with Gasteiger partial charge in [-0.05, 0) is 121 Å². The number of hydrogen-bond donors (Lipinski definition) is 2. The molecular weight excluding hydrogens is 799 g/mol. The van der Waals surface area contributed by atoms with Crippen LogP contribution in [-0.4, -0.2) is 54.2 Å². The van der Waals surface area contributed by atoms with Crippen molar-refractivity contribution in [2.24, 2.45) is 0 Å². The average Bonchev–Trinajstić information content (AvgIpc) is 3.66. The number of nitrogens with zero attached hydrogens (tertiary/aromatic N) is 4. The lowest BCUT2D eigenvalue weighted by Crippen LogP contribution is -2.31. The first-order chi connectivity index (χ1) is 25.2. The Hall–Kier alpha value is -5.62. The first-order valence-corrected chi connectivity index (χ1v) is 18.1. The van der Waals surface area contributed by atoms with E-state index in [0.717, 1.165) is 20.3 Å². The van der Waals surface area contributed by atoms with Gasteiger partial charge >= 0.3 is 18.3 Å². The zero-order chi connectivity index (χ0) is 39.8. The summed E-state index contributed by atoms with van der Waals surface area (Å²) in [5.74, 6) is 6.36. The number of nitrogens with one attached hydrogen (secondary N) is 1. The lowest BCUT2D eigenvalue weighted by Gasteiger charge is -2.22. The van der Waals surface area contributed by atoms with Crippen LogP contribution in [0.4, 0.5) is 26.3 Å². The number of carbonyl (C=O) groups excluding carboxylic acids is 3. The van der Waals surface area contributed by atoms with Gasteiger partial charge in [0.15, 0.2) is 0 Å². The Kier molecular flexibility index (Phi) is 13.0. The van der Waals surface area contributed by atoms with Crippen LogP contribution in [0.15, 0.2) is 91.3 Å². The Balaban J connectivity index is 0.000000276. The van der Waals surface area contributed by atoms with Crippen molar-refractivity contribution in [3.63, 3.8) is 0 Å². The van der Waals surface area contributed by atoms with Crippen molar-refractivity contribution in [3.05, 3.63) is 106 Å². The fraction of sp³-hybridized carbons (Fsp3) is 0.293. The zero-order valence-electron chi connectivity index (χ0n) is 31.9. The van der Waals surface area contributed by atoms with Crippen LogP contribution in [0.1, 0.15) is 73.4 Å². The zero-order valence-corrected chi connectivity index (χ0v) is 34.0. The average molecular weight is 845 g/mol. The Morgan fingerprint density at radius 1 is 0.630 bits per heavy atom. The second-order valence-electron chi connectivity index (χ2n) is 14.9. The molecule has 0 aliphatic heterocycles. The van der Waals surface area contributed by atoms with Crippen LogP contribution in [-0.2, 0) is 14.2 Å². The third-order valence-electron chi connectivity index (χ3n) is 6.76. The topological polar surface area (TPSA) is 153 Å². The molecule has 0 unspecified atom stereocenters. The Bertz CT molecular complexity index is 2140. The largest absolute Gasteiger partial charge is 0.444 e. The summed E-state index contributed by atoms with van der Waals surface area (Å²) < 4.78 is 19.8. The molecular formula is C41H45IN6O6. The van der Waals surface area contributed by atoms with Gasteiger partial charge in [0.25, 0.3) is 0 Å². The van der Waals surface area contributed by atoms with Gasteiger partial charge < -0.3 is 19.9 Å². The predicted octanol–water partition coefficient (Wildman–Crippen LogP) is 9.60. The molecule has 54 heavy (non-hydrogen) atoms. The van der Waals surface area contributed by atoms with Gasteiger partial charge in [-0.15, -0.1) is 0 Å². The molecule has 3 aromatic carbocycles. The van der Waals surface area contributed by atoms with E-state index in [1.807, 2.05) is 99.6 Å². The Labute approximate surface area is 329 Å². The van der Waals surface area contributed by atoms with E-state index in [1.54, 1.807) is 47.7 Å². The minimum Gasteiger partial charge on any atom is -0.444 e. The van der Waals surface area contributed by atoms with Crippen LogP contribution in [0.5, 0.6) is 0 Å².